The number of benzene rings is 2. The van der Waals surface area contributed by atoms with Crippen molar-refractivity contribution in [1.82, 2.24) is 4.98 Å². The number of fused-ring (bicyclic) bond motifs is 4. The Labute approximate surface area is 111 Å². The molecule has 0 aliphatic carbocycles. The molecule has 0 radical (unpaired) electrons. The van der Waals surface area contributed by atoms with Crippen LogP contribution >= 0.6 is 0 Å². The van der Waals surface area contributed by atoms with E-state index in [2.05, 4.69) is 24.3 Å². The number of hydrogen-bond donors (Lipinski definition) is 1. The molecule has 0 unspecified atom stereocenters. The largest absolute Gasteiger partial charge is 0.398 e. The number of ether oxygens (including phenoxy) is 1. The molecule has 2 heterocycles. The molecule has 0 atom stereocenters. The summed E-state index contributed by atoms with van der Waals surface area (Å²) in [7, 11) is 0. The molecule has 1 aliphatic rings. The van der Waals surface area contributed by atoms with Crippen LogP contribution in [0.5, 0.6) is 0 Å². The first-order valence-corrected chi connectivity index (χ1v) is 6.51. The minimum absolute atomic E-state index is 0.580. The van der Waals surface area contributed by atoms with Gasteiger partial charge in [-0.25, -0.2) is 0 Å². The lowest BCUT2D eigenvalue weighted by Crippen LogP contribution is -2.14. The molecule has 0 bridgehead atoms. The van der Waals surface area contributed by atoms with Crippen LogP contribution in [0.4, 0.5) is 5.69 Å². The van der Waals surface area contributed by atoms with Gasteiger partial charge < -0.3 is 10.5 Å². The molecule has 1 aliphatic heterocycles. The third-order valence-corrected chi connectivity index (χ3v) is 3.84. The van der Waals surface area contributed by atoms with E-state index in [0.29, 0.717) is 6.61 Å². The van der Waals surface area contributed by atoms with E-state index in [1.165, 1.54) is 10.8 Å². The Kier molecular flexibility index (Phi) is 2.23. The first-order valence-electron chi connectivity index (χ1n) is 6.51. The van der Waals surface area contributed by atoms with E-state index in [0.717, 1.165) is 40.9 Å². The molecule has 2 N–H and O–H groups in total. The fraction of sp³-hybridized carbons (Fsp3) is 0.188. The lowest BCUT2D eigenvalue weighted by molar-refractivity contribution is 0.110. The smallest absolute Gasteiger partial charge is 0.0804 e. The van der Waals surface area contributed by atoms with Crippen molar-refractivity contribution in [2.75, 3.05) is 12.3 Å². The first kappa shape index (κ1) is 10.8. The average Bonchev–Trinajstić information content (AvgIpc) is 2.47. The summed E-state index contributed by atoms with van der Waals surface area (Å²) in [5.74, 6) is 0. The topological polar surface area (TPSA) is 48.1 Å². The van der Waals surface area contributed by atoms with Crippen molar-refractivity contribution >= 4 is 27.4 Å². The Morgan fingerprint density at radius 2 is 1.95 bits per heavy atom. The Hall–Kier alpha value is -2.13. The SMILES string of the molecule is Nc1c2c(nc3c1ccc1ccccc13)CCOC2. The van der Waals surface area contributed by atoms with Crippen molar-refractivity contribution in [3.63, 3.8) is 0 Å². The molecule has 2 aromatic carbocycles. The van der Waals surface area contributed by atoms with Gasteiger partial charge in [-0.3, -0.25) is 4.98 Å². The van der Waals surface area contributed by atoms with Crippen LogP contribution in [0.2, 0.25) is 0 Å². The van der Waals surface area contributed by atoms with Gasteiger partial charge in [-0.1, -0.05) is 36.4 Å². The highest BCUT2D eigenvalue weighted by atomic mass is 16.5. The quantitative estimate of drug-likeness (QED) is 0.624. The maximum Gasteiger partial charge on any atom is 0.0804 e. The maximum atomic E-state index is 6.31. The molecular formula is C16H14N2O. The minimum atomic E-state index is 0.580. The third kappa shape index (κ3) is 1.52. The molecule has 4 rings (SSSR count). The van der Waals surface area contributed by atoms with Crippen LogP contribution < -0.4 is 5.73 Å². The van der Waals surface area contributed by atoms with E-state index in [4.69, 9.17) is 15.5 Å². The van der Waals surface area contributed by atoms with Gasteiger partial charge in [0.05, 0.1) is 24.4 Å². The maximum absolute atomic E-state index is 6.31. The normalized spacial score (nSPS) is 14.7. The molecule has 3 nitrogen and oxygen atoms in total. The van der Waals surface area contributed by atoms with Crippen LogP contribution in [0, 0.1) is 0 Å². The summed E-state index contributed by atoms with van der Waals surface area (Å²) in [5, 5.41) is 3.40. The van der Waals surface area contributed by atoms with E-state index in [1.54, 1.807) is 0 Å². The van der Waals surface area contributed by atoms with Crippen LogP contribution in [-0.2, 0) is 17.8 Å². The summed E-state index contributed by atoms with van der Waals surface area (Å²) in [6.45, 7) is 1.31. The van der Waals surface area contributed by atoms with E-state index in [-0.39, 0.29) is 0 Å². The predicted molar refractivity (Wildman–Crippen MR) is 77.0 cm³/mol. The number of anilines is 1. The van der Waals surface area contributed by atoms with Gasteiger partial charge in [0, 0.05) is 28.4 Å². The van der Waals surface area contributed by atoms with Crippen LogP contribution in [-0.4, -0.2) is 11.6 Å². The second kappa shape index (κ2) is 3.93. The molecule has 0 spiro atoms. The Morgan fingerprint density at radius 1 is 1.05 bits per heavy atom. The van der Waals surface area contributed by atoms with Crippen molar-refractivity contribution in [2.45, 2.75) is 13.0 Å². The molecule has 3 aromatic rings. The van der Waals surface area contributed by atoms with Crippen molar-refractivity contribution in [1.29, 1.82) is 0 Å². The van der Waals surface area contributed by atoms with Crippen molar-refractivity contribution < 1.29 is 4.74 Å². The van der Waals surface area contributed by atoms with Gasteiger partial charge in [0.1, 0.15) is 0 Å². The number of hydrogen-bond acceptors (Lipinski definition) is 3. The molecule has 0 saturated heterocycles. The summed E-state index contributed by atoms with van der Waals surface area (Å²) in [4.78, 5) is 4.84. The van der Waals surface area contributed by atoms with Gasteiger partial charge in [-0.2, -0.15) is 0 Å². The summed E-state index contributed by atoms with van der Waals surface area (Å²) < 4.78 is 5.49. The predicted octanol–water partition coefficient (Wildman–Crippen LogP) is 3.04. The number of pyridine rings is 1. The van der Waals surface area contributed by atoms with Crippen molar-refractivity contribution in [3.8, 4) is 0 Å². The van der Waals surface area contributed by atoms with Crippen LogP contribution in [0.3, 0.4) is 0 Å². The van der Waals surface area contributed by atoms with Crippen molar-refractivity contribution in [3.05, 3.63) is 47.7 Å². The van der Waals surface area contributed by atoms with Crippen molar-refractivity contribution in [2.24, 2.45) is 0 Å². The fourth-order valence-electron chi connectivity index (χ4n) is 2.82. The number of rotatable bonds is 0. The summed E-state index contributed by atoms with van der Waals surface area (Å²) in [5.41, 5.74) is 10.3. The van der Waals surface area contributed by atoms with Gasteiger partial charge in [0.2, 0.25) is 0 Å². The first-order chi connectivity index (χ1) is 9.34. The molecule has 0 amide bonds. The minimum Gasteiger partial charge on any atom is -0.398 e. The summed E-state index contributed by atoms with van der Waals surface area (Å²) >= 11 is 0. The van der Waals surface area contributed by atoms with E-state index in [9.17, 15) is 0 Å². The molecule has 1 aromatic heterocycles. The van der Waals surface area contributed by atoms with Gasteiger partial charge in [0.25, 0.3) is 0 Å². The van der Waals surface area contributed by atoms with Crippen LogP contribution in [0.15, 0.2) is 36.4 Å². The van der Waals surface area contributed by atoms with E-state index in [1.807, 2.05) is 12.1 Å². The number of nitrogen functional groups attached to an aromatic ring is 1. The molecule has 3 heteroatoms. The number of nitrogens with zero attached hydrogens (tertiary/aromatic N) is 1. The Balaban J connectivity index is 2.17. The van der Waals surface area contributed by atoms with E-state index < -0.39 is 0 Å². The monoisotopic (exact) mass is 250 g/mol. The zero-order valence-electron chi connectivity index (χ0n) is 10.5. The van der Waals surface area contributed by atoms with Gasteiger partial charge in [-0.05, 0) is 5.39 Å². The summed E-state index contributed by atoms with van der Waals surface area (Å²) in [6.07, 6.45) is 0.846. The van der Waals surface area contributed by atoms with Gasteiger partial charge in [0.15, 0.2) is 0 Å². The average molecular weight is 250 g/mol. The number of nitrogens with two attached hydrogens (primary N) is 1. The molecule has 94 valence electrons. The third-order valence-electron chi connectivity index (χ3n) is 3.84. The zero-order valence-corrected chi connectivity index (χ0v) is 10.5. The lowest BCUT2D eigenvalue weighted by Gasteiger charge is -2.19. The molecule has 19 heavy (non-hydrogen) atoms. The van der Waals surface area contributed by atoms with Crippen LogP contribution in [0.25, 0.3) is 21.7 Å². The lowest BCUT2D eigenvalue weighted by atomic mass is 10.00. The summed E-state index contributed by atoms with van der Waals surface area (Å²) in [6, 6.07) is 12.5. The zero-order chi connectivity index (χ0) is 12.8. The number of aromatic nitrogens is 1. The highest BCUT2D eigenvalue weighted by Gasteiger charge is 2.17. The highest BCUT2D eigenvalue weighted by Crippen LogP contribution is 2.32. The van der Waals surface area contributed by atoms with Gasteiger partial charge >= 0.3 is 0 Å². The molecular weight excluding hydrogens is 236 g/mol. The Bertz CT molecular complexity index is 795. The highest BCUT2D eigenvalue weighted by molar-refractivity contribution is 6.09. The molecule has 0 fully saturated rings. The van der Waals surface area contributed by atoms with Crippen LogP contribution in [0.1, 0.15) is 11.3 Å². The Morgan fingerprint density at radius 3 is 2.89 bits per heavy atom. The van der Waals surface area contributed by atoms with Gasteiger partial charge in [-0.15, -0.1) is 0 Å². The second-order valence-corrected chi connectivity index (χ2v) is 4.94. The second-order valence-electron chi connectivity index (χ2n) is 4.94. The van der Waals surface area contributed by atoms with E-state index >= 15 is 0 Å². The fourth-order valence-corrected chi connectivity index (χ4v) is 2.82. The standard InChI is InChI=1S/C16H14N2O/c17-15-12-6-5-10-3-1-2-4-11(10)16(12)18-14-7-8-19-9-13(14)15/h1-6H,7-9H2,(H2,17,18). The molecule has 0 saturated carbocycles.